The molecule has 1 saturated heterocycles. The number of hydrogen-bond donors (Lipinski definition) is 0. The summed E-state index contributed by atoms with van der Waals surface area (Å²) in [6.07, 6.45) is 9.15. The second-order valence-corrected chi connectivity index (χ2v) is 7.15. The molecule has 1 atom stereocenters. The summed E-state index contributed by atoms with van der Waals surface area (Å²) in [5.74, 6) is 0.856. The Balaban J connectivity index is 1.35. The van der Waals surface area contributed by atoms with E-state index in [1.165, 1.54) is 5.56 Å². The van der Waals surface area contributed by atoms with Crippen LogP contribution >= 0.6 is 0 Å². The Labute approximate surface area is 171 Å². The highest BCUT2D eigenvalue weighted by Crippen LogP contribution is 2.32. The number of ether oxygens (including phenoxy) is 1. The molecule has 1 aliphatic rings. The summed E-state index contributed by atoms with van der Waals surface area (Å²) in [5, 5.41) is 0. The van der Waals surface area contributed by atoms with Crippen molar-refractivity contribution in [1.29, 1.82) is 0 Å². The minimum atomic E-state index is 0.0632. The Morgan fingerprint density at radius 2 is 1.90 bits per heavy atom. The smallest absolute Gasteiger partial charge is 0.247 e. The molecule has 0 radical (unpaired) electrons. The summed E-state index contributed by atoms with van der Waals surface area (Å²) in [7, 11) is 0. The standard InChI is InChI=1S/C25H24N2O2/c28-25(27-17-5-9-24(27)22-7-2-1-3-8-22)15-12-20-10-13-23(14-11-20)29-19-21-6-4-16-26-18-21/h1-4,6-8,10-16,18,24H,5,9,17,19H2. The molecule has 1 fully saturated rings. The summed E-state index contributed by atoms with van der Waals surface area (Å²) in [4.78, 5) is 18.8. The number of benzene rings is 2. The molecule has 3 aromatic rings. The van der Waals surface area contributed by atoms with E-state index in [2.05, 4.69) is 17.1 Å². The Morgan fingerprint density at radius 1 is 1.07 bits per heavy atom. The molecular weight excluding hydrogens is 360 g/mol. The van der Waals surface area contributed by atoms with Crippen LogP contribution in [0.4, 0.5) is 0 Å². The Morgan fingerprint density at radius 3 is 2.66 bits per heavy atom. The third kappa shape index (κ3) is 4.91. The average molecular weight is 384 g/mol. The molecule has 1 unspecified atom stereocenters. The zero-order valence-electron chi connectivity index (χ0n) is 16.3. The number of rotatable bonds is 6. The van der Waals surface area contributed by atoms with Crippen molar-refractivity contribution in [2.45, 2.75) is 25.5 Å². The fourth-order valence-corrected chi connectivity index (χ4v) is 3.64. The summed E-state index contributed by atoms with van der Waals surface area (Å²) < 4.78 is 5.78. The van der Waals surface area contributed by atoms with E-state index in [-0.39, 0.29) is 11.9 Å². The Hall–Kier alpha value is -3.40. The van der Waals surface area contributed by atoms with Crippen molar-refractivity contribution in [1.82, 2.24) is 9.88 Å². The Kier molecular flexibility index (Phi) is 6.01. The van der Waals surface area contributed by atoms with Gasteiger partial charge < -0.3 is 9.64 Å². The lowest BCUT2D eigenvalue weighted by Gasteiger charge is -2.23. The van der Waals surface area contributed by atoms with Crippen molar-refractivity contribution >= 4 is 12.0 Å². The minimum absolute atomic E-state index is 0.0632. The molecule has 2 aromatic carbocycles. The van der Waals surface area contributed by atoms with Gasteiger partial charge in [-0.05, 0) is 48.2 Å². The largest absolute Gasteiger partial charge is 0.489 e. The van der Waals surface area contributed by atoms with Gasteiger partial charge in [0.25, 0.3) is 0 Å². The maximum absolute atomic E-state index is 12.7. The van der Waals surface area contributed by atoms with E-state index in [0.717, 1.165) is 36.3 Å². The van der Waals surface area contributed by atoms with Gasteiger partial charge in [-0.15, -0.1) is 0 Å². The van der Waals surface area contributed by atoms with E-state index < -0.39 is 0 Å². The number of amides is 1. The van der Waals surface area contributed by atoms with Crippen molar-refractivity contribution in [3.63, 3.8) is 0 Å². The monoisotopic (exact) mass is 384 g/mol. The van der Waals surface area contributed by atoms with Crippen molar-refractivity contribution in [3.05, 3.63) is 102 Å². The highest BCUT2D eigenvalue weighted by atomic mass is 16.5. The molecule has 146 valence electrons. The van der Waals surface area contributed by atoms with Gasteiger partial charge in [0.1, 0.15) is 12.4 Å². The average Bonchev–Trinajstić information content (AvgIpc) is 3.28. The molecule has 0 spiro atoms. The van der Waals surface area contributed by atoms with Crippen LogP contribution in [0.15, 0.2) is 85.2 Å². The van der Waals surface area contributed by atoms with Crippen LogP contribution in [0.5, 0.6) is 5.75 Å². The third-order valence-electron chi connectivity index (χ3n) is 5.15. The summed E-state index contributed by atoms with van der Waals surface area (Å²) in [5.41, 5.74) is 3.21. The number of pyridine rings is 1. The van der Waals surface area contributed by atoms with Crippen LogP contribution < -0.4 is 4.74 Å². The second-order valence-electron chi connectivity index (χ2n) is 7.15. The molecule has 4 rings (SSSR count). The van der Waals surface area contributed by atoms with E-state index in [4.69, 9.17) is 4.74 Å². The fourth-order valence-electron chi connectivity index (χ4n) is 3.64. The van der Waals surface area contributed by atoms with Crippen LogP contribution in [0, 0.1) is 0 Å². The first kappa shape index (κ1) is 18.9. The zero-order chi connectivity index (χ0) is 19.9. The van der Waals surface area contributed by atoms with Crippen molar-refractivity contribution < 1.29 is 9.53 Å². The third-order valence-corrected chi connectivity index (χ3v) is 5.15. The number of nitrogens with zero attached hydrogens (tertiary/aromatic N) is 2. The molecular formula is C25H24N2O2. The van der Waals surface area contributed by atoms with Crippen LogP contribution in [-0.2, 0) is 11.4 Å². The normalized spacial score (nSPS) is 16.3. The highest BCUT2D eigenvalue weighted by molar-refractivity contribution is 5.92. The van der Waals surface area contributed by atoms with Crippen molar-refractivity contribution in [3.8, 4) is 5.75 Å². The zero-order valence-corrected chi connectivity index (χ0v) is 16.3. The molecule has 29 heavy (non-hydrogen) atoms. The molecule has 4 nitrogen and oxygen atoms in total. The maximum Gasteiger partial charge on any atom is 0.247 e. The number of carbonyl (C=O) groups is 1. The predicted molar refractivity (Wildman–Crippen MR) is 114 cm³/mol. The lowest BCUT2D eigenvalue weighted by atomic mass is 10.0. The van der Waals surface area contributed by atoms with E-state index in [9.17, 15) is 4.79 Å². The molecule has 1 aliphatic heterocycles. The van der Waals surface area contributed by atoms with Crippen LogP contribution in [0.3, 0.4) is 0 Å². The predicted octanol–water partition coefficient (Wildman–Crippen LogP) is 5.04. The molecule has 1 amide bonds. The quantitative estimate of drug-likeness (QED) is 0.559. The van der Waals surface area contributed by atoms with Crippen LogP contribution in [0.25, 0.3) is 6.08 Å². The van der Waals surface area contributed by atoms with Crippen LogP contribution in [-0.4, -0.2) is 22.3 Å². The number of carbonyl (C=O) groups excluding carboxylic acids is 1. The van der Waals surface area contributed by atoms with Gasteiger partial charge in [-0.3, -0.25) is 9.78 Å². The van der Waals surface area contributed by atoms with Crippen LogP contribution in [0.2, 0.25) is 0 Å². The van der Waals surface area contributed by atoms with Gasteiger partial charge >= 0.3 is 0 Å². The lowest BCUT2D eigenvalue weighted by Crippen LogP contribution is -2.28. The fraction of sp³-hybridized carbons (Fsp3) is 0.200. The van der Waals surface area contributed by atoms with Gasteiger partial charge in [0, 0.05) is 30.6 Å². The first-order valence-corrected chi connectivity index (χ1v) is 9.95. The molecule has 1 aromatic heterocycles. The maximum atomic E-state index is 12.7. The Bertz CT molecular complexity index is 953. The molecule has 0 aliphatic carbocycles. The lowest BCUT2D eigenvalue weighted by molar-refractivity contribution is -0.126. The molecule has 2 heterocycles. The molecule has 4 heteroatoms. The molecule has 0 bridgehead atoms. The van der Waals surface area contributed by atoms with Crippen molar-refractivity contribution in [2.24, 2.45) is 0 Å². The highest BCUT2D eigenvalue weighted by Gasteiger charge is 2.28. The van der Waals surface area contributed by atoms with Crippen molar-refractivity contribution in [2.75, 3.05) is 6.54 Å². The number of hydrogen-bond acceptors (Lipinski definition) is 3. The number of likely N-dealkylation sites (tertiary alicyclic amines) is 1. The van der Waals surface area contributed by atoms with E-state index in [0.29, 0.717) is 6.61 Å². The van der Waals surface area contributed by atoms with Gasteiger partial charge in [-0.1, -0.05) is 48.5 Å². The SMILES string of the molecule is O=C(C=Cc1ccc(OCc2cccnc2)cc1)N1CCCC1c1ccccc1. The summed E-state index contributed by atoms with van der Waals surface area (Å²) in [6, 6.07) is 22.1. The van der Waals surface area contributed by atoms with E-state index in [1.807, 2.05) is 65.6 Å². The minimum Gasteiger partial charge on any atom is -0.489 e. The summed E-state index contributed by atoms with van der Waals surface area (Å²) >= 11 is 0. The van der Waals surface area contributed by atoms with Gasteiger partial charge in [-0.25, -0.2) is 0 Å². The van der Waals surface area contributed by atoms with Gasteiger partial charge in [0.05, 0.1) is 6.04 Å². The van der Waals surface area contributed by atoms with E-state index >= 15 is 0 Å². The second kappa shape index (κ2) is 9.20. The first-order chi connectivity index (χ1) is 14.3. The first-order valence-electron chi connectivity index (χ1n) is 9.95. The topological polar surface area (TPSA) is 42.4 Å². The summed E-state index contributed by atoms with van der Waals surface area (Å²) in [6.45, 7) is 1.29. The van der Waals surface area contributed by atoms with Gasteiger partial charge in [0.15, 0.2) is 0 Å². The van der Waals surface area contributed by atoms with Gasteiger partial charge in [-0.2, -0.15) is 0 Å². The molecule has 0 saturated carbocycles. The van der Waals surface area contributed by atoms with E-state index in [1.54, 1.807) is 18.5 Å². The van der Waals surface area contributed by atoms with Gasteiger partial charge in [0.2, 0.25) is 5.91 Å². The molecule has 0 N–H and O–H groups in total. The van der Waals surface area contributed by atoms with Crippen LogP contribution in [0.1, 0.15) is 35.6 Å². The number of aromatic nitrogens is 1.